The molecule has 0 saturated carbocycles. The molecule has 7 rings (SSSR count). The molecule has 0 bridgehead atoms. The number of hydrogen-bond acceptors (Lipinski definition) is 6. The van der Waals surface area contributed by atoms with Crippen LogP contribution in [0.2, 0.25) is 0 Å². The second-order valence-corrected chi connectivity index (χ2v) is 10.6. The lowest BCUT2D eigenvalue weighted by Crippen LogP contribution is -2.28. The highest BCUT2D eigenvalue weighted by molar-refractivity contribution is 5.98. The van der Waals surface area contributed by atoms with Crippen LogP contribution >= 0.6 is 0 Å². The van der Waals surface area contributed by atoms with Crippen molar-refractivity contribution in [1.29, 1.82) is 5.41 Å². The van der Waals surface area contributed by atoms with Crippen LogP contribution in [-0.2, 0) is 5.41 Å². The van der Waals surface area contributed by atoms with Crippen LogP contribution in [0.4, 0.5) is 5.69 Å². The van der Waals surface area contributed by atoms with E-state index in [1.165, 1.54) is 34.4 Å². The fraction of sp³-hybridized carbons (Fsp3) is 0.0541. The maximum absolute atomic E-state index is 10.0. The molecule has 0 amide bonds. The number of hydrogen-bond donors (Lipinski definition) is 4. The lowest BCUT2D eigenvalue weighted by Gasteiger charge is -2.34. The number of phenolic OH excluding ortho intramolecular Hbond substituents is 1. The summed E-state index contributed by atoms with van der Waals surface area (Å²) >= 11 is 0. The molecule has 43 heavy (non-hydrogen) atoms. The number of nitrogens with two attached hydrogens (primary N) is 1. The number of aromatic hydroxyl groups is 1. The zero-order valence-corrected chi connectivity index (χ0v) is 23.1. The van der Waals surface area contributed by atoms with Crippen LogP contribution in [0.5, 0.6) is 23.0 Å². The summed E-state index contributed by atoms with van der Waals surface area (Å²) in [6.07, 6.45) is 3.77. The third kappa shape index (κ3) is 4.45. The Kier molecular flexibility index (Phi) is 6.34. The monoisotopic (exact) mass is 564 g/mol. The Morgan fingerprint density at radius 1 is 0.651 bits per heavy atom. The van der Waals surface area contributed by atoms with Gasteiger partial charge in [0.25, 0.3) is 0 Å². The molecule has 2 aliphatic rings. The topological polar surface area (TPSA) is 109 Å². The summed E-state index contributed by atoms with van der Waals surface area (Å²) in [6.45, 7) is 0. The van der Waals surface area contributed by atoms with E-state index in [0.29, 0.717) is 28.7 Å². The highest BCUT2D eigenvalue weighted by Crippen LogP contribution is 2.56. The Hall–Kier alpha value is -5.59. The number of allylic oxidation sites excluding steroid dienone is 1. The second kappa shape index (κ2) is 10.4. The third-order valence-corrected chi connectivity index (χ3v) is 8.07. The first kappa shape index (κ1) is 26.3. The number of aliphatic hydroxyl groups excluding tert-OH is 1. The van der Waals surface area contributed by atoms with Crippen molar-refractivity contribution >= 4 is 11.4 Å². The first-order valence-corrected chi connectivity index (χ1v) is 13.9. The van der Waals surface area contributed by atoms with Gasteiger partial charge in [-0.25, -0.2) is 0 Å². The van der Waals surface area contributed by atoms with Crippen molar-refractivity contribution < 1.29 is 19.7 Å². The molecule has 5 aromatic rings. The summed E-state index contributed by atoms with van der Waals surface area (Å²) in [5.41, 5.74) is 12.5. The van der Waals surface area contributed by atoms with E-state index in [4.69, 9.17) is 20.6 Å². The van der Waals surface area contributed by atoms with Crippen molar-refractivity contribution in [3.8, 4) is 34.1 Å². The number of benzene rings is 5. The van der Waals surface area contributed by atoms with Crippen molar-refractivity contribution in [1.82, 2.24) is 0 Å². The molecule has 1 atom stereocenters. The Balaban J connectivity index is 1.32. The molecule has 1 unspecified atom stereocenters. The predicted molar refractivity (Wildman–Crippen MR) is 168 cm³/mol. The van der Waals surface area contributed by atoms with Gasteiger partial charge in [-0.1, -0.05) is 72.8 Å². The highest BCUT2D eigenvalue weighted by atomic mass is 16.5. The normalized spacial score (nSPS) is 16.3. The van der Waals surface area contributed by atoms with Crippen LogP contribution in [0.3, 0.4) is 0 Å². The van der Waals surface area contributed by atoms with Gasteiger partial charge in [-0.05, 0) is 88.0 Å². The van der Waals surface area contributed by atoms with E-state index in [-0.39, 0.29) is 11.5 Å². The molecule has 5 N–H and O–H groups in total. The summed E-state index contributed by atoms with van der Waals surface area (Å²) in [7, 11) is 0. The predicted octanol–water partition coefficient (Wildman–Crippen LogP) is 7.34. The van der Waals surface area contributed by atoms with Crippen LogP contribution in [0, 0.1) is 5.41 Å². The molecule has 0 aromatic heterocycles. The fourth-order valence-corrected chi connectivity index (χ4v) is 6.07. The van der Waals surface area contributed by atoms with E-state index < -0.39 is 11.5 Å². The van der Waals surface area contributed by atoms with Gasteiger partial charge < -0.3 is 30.8 Å². The van der Waals surface area contributed by atoms with E-state index in [1.54, 1.807) is 24.3 Å². The van der Waals surface area contributed by atoms with Crippen molar-refractivity contribution in [2.45, 2.75) is 11.5 Å². The van der Waals surface area contributed by atoms with E-state index in [2.05, 4.69) is 72.8 Å². The summed E-state index contributed by atoms with van der Waals surface area (Å²) in [5, 5.41) is 27.8. The molecule has 6 heteroatoms. The SMILES string of the molecule is N=C1C=CC(Oc2ccc(C3(c4ccc(Oc5ccc(N)c(O)c5)cc4)c4ccccc4-c4ccccc43)cc2)=CC1O. The van der Waals surface area contributed by atoms with E-state index in [0.717, 1.165) is 11.1 Å². The molecule has 210 valence electrons. The average Bonchev–Trinajstić information content (AvgIpc) is 3.33. The van der Waals surface area contributed by atoms with E-state index in [9.17, 15) is 10.2 Å². The Morgan fingerprint density at radius 3 is 1.74 bits per heavy atom. The minimum absolute atomic E-state index is 0.0221. The molecule has 0 spiro atoms. The van der Waals surface area contributed by atoms with Gasteiger partial charge in [-0.2, -0.15) is 0 Å². The standard InChI is InChI=1S/C37H28N2O4/c38-33-19-17-27(21-35(33)40)42-25-13-9-23(10-14-25)37(31-7-3-1-5-29(31)30-6-2-4-8-32(30)37)24-11-15-26(16-12-24)43-28-18-20-34(39)36(41)22-28/h1-22,35,38,40-41H,39H2. The number of nitrogen functional groups attached to an aromatic ring is 1. The minimum atomic E-state index is -0.980. The zero-order valence-electron chi connectivity index (χ0n) is 23.1. The Labute approximate surface area is 249 Å². The van der Waals surface area contributed by atoms with Crippen LogP contribution in [0.15, 0.2) is 139 Å². The molecule has 0 radical (unpaired) electrons. The van der Waals surface area contributed by atoms with Crippen molar-refractivity contribution in [3.05, 3.63) is 162 Å². The van der Waals surface area contributed by atoms with Crippen molar-refractivity contribution in [2.75, 3.05) is 5.73 Å². The van der Waals surface area contributed by atoms with E-state index in [1.807, 2.05) is 24.3 Å². The van der Waals surface area contributed by atoms with Gasteiger partial charge in [0, 0.05) is 6.07 Å². The summed E-state index contributed by atoms with van der Waals surface area (Å²) in [4.78, 5) is 0. The number of phenols is 1. The molecule has 6 nitrogen and oxygen atoms in total. The van der Waals surface area contributed by atoms with Crippen LogP contribution in [-0.4, -0.2) is 22.0 Å². The van der Waals surface area contributed by atoms with Crippen LogP contribution in [0.1, 0.15) is 22.3 Å². The quantitative estimate of drug-likeness (QED) is 0.125. The highest BCUT2D eigenvalue weighted by Gasteiger charge is 2.45. The molecule has 0 saturated heterocycles. The maximum atomic E-state index is 10.0. The van der Waals surface area contributed by atoms with Gasteiger partial charge in [0.15, 0.2) is 0 Å². The number of fused-ring (bicyclic) bond motifs is 3. The third-order valence-electron chi connectivity index (χ3n) is 8.07. The Bertz CT molecular complexity index is 1880. The van der Waals surface area contributed by atoms with E-state index >= 15 is 0 Å². The molecule has 5 aromatic carbocycles. The molecular weight excluding hydrogens is 536 g/mol. The molecule has 0 heterocycles. The zero-order chi connectivity index (χ0) is 29.6. The van der Waals surface area contributed by atoms with Gasteiger partial charge in [0.2, 0.25) is 0 Å². The van der Waals surface area contributed by atoms with Crippen LogP contribution < -0.4 is 15.2 Å². The summed E-state index contributed by atoms with van der Waals surface area (Å²) in [6, 6.07) is 38.0. The summed E-state index contributed by atoms with van der Waals surface area (Å²) in [5.74, 6) is 2.23. The largest absolute Gasteiger partial charge is 0.506 e. The molecule has 0 aliphatic heterocycles. The summed E-state index contributed by atoms with van der Waals surface area (Å²) < 4.78 is 12.1. The van der Waals surface area contributed by atoms with Gasteiger partial charge in [-0.3, -0.25) is 0 Å². The number of anilines is 1. The number of rotatable bonds is 6. The number of aliphatic hydroxyl groups is 1. The van der Waals surface area contributed by atoms with Crippen LogP contribution in [0.25, 0.3) is 11.1 Å². The number of ether oxygens (including phenoxy) is 2. The van der Waals surface area contributed by atoms with Gasteiger partial charge >= 0.3 is 0 Å². The first-order valence-electron chi connectivity index (χ1n) is 13.9. The van der Waals surface area contributed by atoms with Gasteiger partial charge in [0.05, 0.1) is 16.8 Å². The lowest BCUT2D eigenvalue weighted by atomic mass is 9.68. The smallest absolute Gasteiger partial charge is 0.142 e. The average molecular weight is 565 g/mol. The van der Waals surface area contributed by atoms with Crippen molar-refractivity contribution in [2.24, 2.45) is 0 Å². The first-order chi connectivity index (χ1) is 20.9. The van der Waals surface area contributed by atoms with Gasteiger partial charge in [0.1, 0.15) is 34.9 Å². The molecule has 2 aliphatic carbocycles. The fourth-order valence-electron chi connectivity index (χ4n) is 6.07. The molecule has 0 fully saturated rings. The number of nitrogens with one attached hydrogen (secondary N) is 1. The van der Waals surface area contributed by atoms with Crippen molar-refractivity contribution in [3.63, 3.8) is 0 Å². The molecular formula is C37H28N2O4. The Morgan fingerprint density at radius 2 is 1.19 bits per heavy atom. The maximum Gasteiger partial charge on any atom is 0.142 e. The van der Waals surface area contributed by atoms with Gasteiger partial charge in [-0.15, -0.1) is 0 Å². The minimum Gasteiger partial charge on any atom is -0.506 e. The lowest BCUT2D eigenvalue weighted by molar-refractivity contribution is 0.281. The second-order valence-electron chi connectivity index (χ2n) is 10.6.